The molecule has 0 bridgehead atoms. The average Bonchev–Trinajstić information content (AvgIpc) is 2.47. The Bertz CT molecular complexity index is 408. The van der Waals surface area contributed by atoms with Crippen LogP contribution in [0.15, 0.2) is 24.3 Å². The van der Waals surface area contributed by atoms with Crippen LogP contribution in [-0.2, 0) is 6.42 Å². The third-order valence-corrected chi connectivity index (χ3v) is 4.81. The highest BCUT2D eigenvalue weighted by Crippen LogP contribution is 2.26. The lowest BCUT2D eigenvalue weighted by atomic mass is 9.86. The van der Waals surface area contributed by atoms with Gasteiger partial charge in [-0.25, -0.2) is 0 Å². The van der Waals surface area contributed by atoms with Crippen LogP contribution in [0.3, 0.4) is 0 Å². The van der Waals surface area contributed by atoms with Gasteiger partial charge < -0.3 is 9.64 Å². The molecule has 1 aromatic carbocycles. The fourth-order valence-corrected chi connectivity index (χ4v) is 3.30. The fourth-order valence-electron chi connectivity index (χ4n) is 3.30. The van der Waals surface area contributed by atoms with Gasteiger partial charge in [-0.15, -0.1) is 0 Å². The van der Waals surface area contributed by atoms with E-state index < -0.39 is 0 Å². The van der Waals surface area contributed by atoms with Crippen molar-refractivity contribution in [1.29, 1.82) is 0 Å². The van der Waals surface area contributed by atoms with E-state index in [2.05, 4.69) is 43.9 Å². The normalized spacial score (nSPS) is 19.2. The maximum Gasteiger partial charge on any atom is 0.119 e. The highest BCUT2D eigenvalue weighted by Gasteiger charge is 2.24. The van der Waals surface area contributed by atoms with Crippen LogP contribution in [0, 0.1) is 11.8 Å². The molecule has 112 valence electrons. The first kappa shape index (κ1) is 15.4. The zero-order valence-electron chi connectivity index (χ0n) is 13.4. The Morgan fingerprint density at radius 3 is 2.50 bits per heavy atom. The van der Waals surface area contributed by atoms with Crippen LogP contribution in [0.1, 0.15) is 39.2 Å². The lowest BCUT2D eigenvalue weighted by Crippen LogP contribution is -2.41. The van der Waals surface area contributed by atoms with Gasteiger partial charge in [0, 0.05) is 6.04 Å². The van der Waals surface area contributed by atoms with Gasteiger partial charge in [0.15, 0.2) is 0 Å². The van der Waals surface area contributed by atoms with Crippen molar-refractivity contribution in [2.45, 2.75) is 46.1 Å². The quantitative estimate of drug-likeness (QED) is 0.805. The Hall–Kier alpha value is -1.02. The predicted molar refractivity (Wildman–Crippen MR) is 85.3 cm³/mol. The van der Waals surface area contributed by atoms with E-state index in [0.717, 1.165) is 24.0 Å². The van der Waals surface area contributed by atoms with Gasteiger partial charge in [-0.1, -0.05) is 26.0 Å². The Kier molecular flexibility index (Phi) is 5.47. The monoisotopic (exact) mass is 275 g/mol. The van der Waals surface area contributed by atoms with Crippen molar-refractivity contribution in [3.8, 4) is 5.75 Å². The summed E-state index contributed by atoms with van der Waals surface area (Å²) in [5, 5.41) is 0. The van der Waals surface area contributed by atoms with Crippen molar-refractivity contribution >= 4 is 0 Å². The summed E-state index contributed by atoms with van der Waals surface area (Å²) in [5.41, 5.74) is 1.38. The SMILES string of the molecule is COc1cccc(CC(C)N2CCC(C(C)C)CC2)c1. The van der Waals surface area contributed by atoms with Gasteiger partial charge in [-0.05, 0) is 68.8 Å². The molecule has 0 saturated carbocycles. The molecule has 1 aromatic rings. The number of benzene rings is 1. The minimum Gasteiger partial charge on any atom is -0.497 e. The van der Waals surface area contributed by atoms with E-state index in [4.69, 9.17) is 4.74 Å². The molecule has 0 radical (unpaired) electrons. The molecule has 20 heavy (non-hydrogen) atoms. The maximum absolute atomic E-state index is 5.31. The van der Waals surface area contributed by atoms with Crippen LogP contribution >= 0.6 is 0 Å². The summed E-state index contributed by atoms with van der Waals surface area (Å²) in [6, 6.07) is 9.10. The molecular formula is C18H29NO. The van der Waals surface area contributed by atoms with Crippen molar-refractivity contribution in [2.24, 2.45) is 11.8 Å². The number of likely N-dealkylation sites (tertiary alicyclic amines) is 1. The summed E-state index contributed by atoms with van der Waals surface area (Å²) in [6.45, 7) is 9.59. The zero-order chi connectivity index (χ0) is 14.5. The van der Waals surface area contributed by atoms with E-state index in [-0.39, 0.29) is 0 Å². The number of nitrogens with zero attached hydrogens (tertiary/aromatic N) is 1. The summed E-state index contributed by atoms with van der Waals surface area (Å²) >= 11 is 0. The van der Waals surface area contributed by atoms with Crippen molar-refractivity contribution in [2.75, 3.05) is 20.2 Å². The first-order chi connectivity index (χ1) is 9.60. The molecule has 2 nitrogen and oxygen atoms in total. The highest BCUT2D eigenvalue weighted by atomic mass is 16.5. The molecule has 1 unspecified atom stereocenters. The number of rotatable bonds is 5. The maximum atomic E-state index is 5.31. The Morgan fingerprint density at radius 1 is 1.20 bits per heavy atom. The number of ether oxygens (including phenoxy) is 1. The van der Waals surface area contributed by atoms with Crippen molar-refractivity contribution in [3.05, 3.63) is 29.8 Å². The molecule has 2 rings (SSSR count). The summed E-state index contributed by atoms with van der Waals surface area (Å²) in [7, 11) is 1.74. The van der Waals surface area contributed by atoms with Gasteiger partial charge >= 0.3 is 0 Å². The topological polar surface area (TPSA) is 12.5 Å². The first-order valence-electron chi connectivity index (χ1n) is 7.97. The Morgan fingerprint density at radius 2 is 1.90 bits per heavy atom. The minimum atomic E-state index is 0.621. The zero-order valence-corrected chi connectivity index (χ0v) is 13.4. The van der Waals surface area contributed by atoms with Gasteiger partial charge in [0.1, 0.15) is 5.75 Å². The van der Waals surface area contributed by atoms with E-state index in [1.165, 1.54) is 31.5 Å². The second-order valence-corrected chi connectivity index (χ2v) is 6.52. The molecule has 0 aromatic heterocycles. The van der Waals surface area contributed by atoms with E-state index in [0.29, 0.717) is 6.04 Å². The van der Waals surface area contributed by atoms with Crippen LogP contribution in [0.2, 0.25) is 0 Å². The number of piperidine rings is 1. The number of hydrogen-bond acceptors (Lipinski definition) is 2. The molecule has 0 N–H and O–H groups in total. The first-order valence-corrected chi connectivity index (χ1v) is 7.97. The third kappa shape index (κ3) is 3.99. The fraction of sp³-hybridized carbons (Fsp3) is 0.667. The van der Waals surface area contributed by atoms with Crippen LogP contribution in [-0.4, -0.2) is 31.1 Å². The van der Waals surface area contributed by atoms with E-state index >= 15 is 0 Å². The van der Waals surface area contributed by atoms with E-state index in [9.17, 15) is 0 Å². The second-order valence-electron chi connectivity index (χ2n) is 6.52. The largest absolute Gasteiger partial charge is 0.497 e. The van der Waals surface area contributed by atoms with Crippen molar-refractivity contribution in [3.63, 3.8) is 0 Å². The molecular weight excluding hydrogens is 246 g/mol. The van der Waals surface area contributed by atoms with Crippen molar-refractivity contribution < 1.29 is 4.74 Å². The molecule has 0 amide bonds. The van der Waals surface area contributed by atoms with Crippen LogP contribution < -0.4 is 4.74 Å². The molecule has 1 aliphatic rings. The molecule has 1 saturated heterocycles. The summed E-state index contributed by atoms with van der Waals surface area (Å²) in [5.74, 6) is 2.73. The third-order valence-electron chi connectivity index (χ3n) is 4.81. The van der Waals surface area contributed by atoms with Gasteiger partial charge in [0.05, 0.1) is 7.11 Å². The van der Waals surface area contributed by atoms with Crippen LogP contribution in [0.5, 0.6) is 5.75 Å². The summed E-state index contributed by atoms with van der Waals surface area (Å²) in [4.78, 5) is 2.65. The Labute approximate surface area is 124 Å². The van der Waals surface area contributed by atoms with Gasteiger partial charge in [0.25, 0.3) is 0 Å². The molecule has 1 aliphatic heterocycles. The smallest absolute Gasteiger partial charge is 0.119 e. The van der Waals surface area contributed by atoms with Gasteiger partial charge in [0.2, 0.25) is 0 Å². The number of hydrogen-bond donors (Lipinski definition) is 0. The molecule has 1 heterocycles. The summed E-state index contributed by atoms with van der Waals surface area (Å²) in [6.07, 6.45) is 3.84. The van der Waals surface area contributed by atoms with E-state index in [1.54, 1.807) is 7.11 Å². The molecule has 2 heteroatoms. The molecule has 0 aliphatic carbocycles. The highest BCUT2D eigenvalue weighted by molar-refractivity contribution is 5.28. The molecule has 0 spiro atoms. The molecule has 1 fully saturated rings. The van der Waals surface area contributed by atoms with E-state index in [1.807, 2.05) is 6.07 Å². The van der Waals surface area contributed by atoms with Gasteiger partial charge in [-0.2, -0.15) is 0 Å². The summed E-state index contributed by atoms with van der Waals surface area (Å²) < 4.78 is 5.31. The molecule has 1 atom stereocenters. The predicted octanol–water partition coefficient (Wildman–Crippen LogP) is 3.99. The number of methoxy groups -OCH3 is 1. The lowest BCUT2D eigenvalue weighted by Gasteiger charge is -2.37. The van der Waals surface area contributed by atoms with Gasteiger partial charge in [-0.3, -0.25) is 0 Å². The lowest BCUT2D eigenvalue weighted by molar-refractivity contribution is 0.121. The minimum absolute atomic E-state index is 0.621. The average molecular weight is 275 g/mol. The standard InChI is InChI=1S/C18H29NO/c1-14(2)17-8-10-19(11-9-17)15(3)12-16-6-5-7-18(13-16)20-4/h5-7,13-15,17H,8-12H2,1-4H3. The van der Waals surface area contributed by atoms with Crippen molar-refractivity contribution in [1.82, 2.24) is 4.90 Å². The van der Waals surface area contributed by atoms with Crippen LogP contribution in [0.25, 0.3) is 0 Å². The van der Waals surface area contributed by atoms with Crippen LogP contribution in [0.4, 0.5) is 0 Å². The Balaban J connectivity index is 1.87. The second kappa shape index (κ2) is 7.12.